The van der Waals surface area contributed by atoms with Crippen molar-refractivity contribution >= 4 is 50.7 Å². The molecule has 0 unspecified atom stereocenters. The first-order valence-corrected chi connectivity index (χ1v) is 13.7. The van der Waals surface area contributed by atoms with Gasteiger partial charge >= 0.3 is 0 Å². The Morgan fingerprint density at radius 2 is 1.68 bits per heavy atom. The van der Waals surface area contributed by atoms with Crippen molar-refractivity contribution in [2.75, 3.05) is 23.7 Å². The number of unbranched alkanes of at least 4 members (excludes halogenated alkanes) is 1. The lowest BCUT2D eigenvalue weighted by Gasteiger charge is -2.33. The van der Waals surface area contributed by atoms with Gasteiger partial charge in [0.25, 0.3) is 0 Å². The number of nitrogens with one attached hydrogen (secondary N) is 1. The highest BCUT2D eigenvalue weighted by molar-refractivity contribution is 7.92. The van der Waals surface area contributed by atoms with Crippen LogP contribution in [0.3, 0.4) is 0 Å². The number of halogens is 2. The van der Waals surface area contributed by atoms with E-state index in [0.717, 1.165) is 29.0 Å². The number of rotatable bonds is 12. The summed E-state index contributed by atoms with van der Waals surface area (Å²) in [6.07, 6.45) is 3.12. The van der Waals surface area contributed by atoms with Gasteiger partial charge in [-0.25, -0.2) is 8.42 Å². The van der Waals surface area contributed by atoms with Crippen molar-refractivity contribution < 1.29 is 18.0 Å². The SMILES string of the molecule is CCCCNC(=O)[C@@H](CC)N(Cc1ccc(Cl)cc1)C(=O)CN(c1ccccc1Cl)S(C)(=O)=O. The summed E-state index contributed by atoms with van der Waals surface area (Å²) >= 11 is 12.2. The molecule has 1 N–H and O–H groups in total. The number of carbonyl (C=O) groups is 2. The van der Waals surface area contributed by atoms with Crippen LogP contribution in [0.2, 0.25) is 10.0 Å². The molecular formula is C24H31Cl2N3O4S. The predicted molar refractivity (Wildman–Crippen MR) is 138 cm³/mol. The molecule has 0 heterocycles. The van der Waals surface area contributed by atoms with Gasteiger partial charge in [0.15, 0.2) is 0 Å². The van der Waals surface area contributed by atoms with Gasteiger partial charge in [0.1, 0.15) is 12.6 Å². The minimum absolute atomic E-state index is 0.121. The van der Waals surface area contributed by atoms with Gasteiger partial charge in [0.2, 0.25) is 21.8 Å². The monoisotopic (exact) mass is 527 g/mol. The van der Waals surface area contributed by atoms with Gasteiger partial charge in [-0.3, -0.25) is 13.9 Å². The number of nitrogens with zero attached hydrogens (tertiary/aromatic N) is 2. The van der Waals surface area contributed by atoms with Gasteiger partial charge in [-0.2, -0.15) is 0 Å². The van der Waals surface area contributed by atoms with E-state index in [-0.39, 0.29) is 23.2 Å². The first kappa shape index (κ1) is 28.0. The topological polar surface area (TPSA) is 86.8 Å². The summed E-state index contributed by atoms with van der Waals surface area (Å²) in [5.74, 6) is -0.792. The molecule has 2 aromatic carbocycles. The van der Waals surface area contributed by atoms with Crippen LogP contribution >= 0.6 is 23.2 Å². The lowest BCUT2D eigenvalue weighted by atomic mass is 10.1. The molecule has 7 nitrogen and oxygen atoms in total. The van der Waals surface area contributed by atoms with Crippen LogP contribution in [0.4, 0.5) is 5.69 Å². The fourth-order valence-corrected chi connectivity index (χ4v) is 4.74. The van der Waals surface area contributed by atoms with Gasteiger partial charge in [0.05, 0.1) is 17.0 Å². The summed E-state index contributed by atoms with van der Waals surface area (Å²) in [7, 11) is -3.83. The van der Waals surface area contributed by atoms with Crippen molar-refractivity contribution in [2.45, 2.75) is 45.7 Å². The van der Waals surface area contributed by atoms with Crippen molar-refractivity contribution in [2.24, 2.45) is 0 Å². The van der Waals surface area contributed by atoms with E-state index < -0.39 is 28.5 Å². The number of anilines is 1. The van der Waals surface area contributed by atoms with Gasteiger partial charge in [-0.1, -0.05) is 67.7 Å². The highest BCUT2D eigenvalue weighted by atomic mass is 35.5. The van der Waals surface area contributed by atoms with Crippen molar-refractivity contribution in [3.8, 4) is 0 Å². The second kappa shape index (κ2) is 13.0. The van der Waals surface area contributed by atoms with Crippen molar-refractivity contribution in [3.05, 3.63) is 64.1 Å². The lowest BCUT2D eigenvalue weighted by molar-refractivity contribution is -0.140. The average Bonchev–Trinajstić information content (AvgIpc) is 2.78. The molecule has 2 rings (SSSR count). The van der Waals surface area contributed by atoms with E-state index in [1.165, 1.54) is 11.0 Å². The first-order chi connectivity index (χ1) is 16.1. The van der Waals surface area contributed by atoms with Crippen LogP contribution in [-0.4, -0.2) is 50.5 Å². The van der Waals surface area contributed by atoms with Crippen molar-refractivity contribution in [3.63, 3.8) is 0 Å². The van der Waals surface area contributed by atoms with E-state index >= 15 is 0 Å². The molecule has 2 aromatic rings. The number of amides is 2. The zero-order valence-corrected chi connectivity index (χ0v) is 22.0. The highest BCUT2D eigenvalue weighted by Gasteiger charge is 2.32. The summed E-state index contributed by atoms with van der Waals surface area (Å²) < 4.78 is 26.1. The van der Waals surface area contributed by atoms with E-state index in [1.54, 1.807) is 42.5 Å². The van der Waals surface area contributed by atoms with E-state index in [1.807, 2.05) is 13.8 Å². The number of carbonyl (C=O) groups excluding carboxylic acids is 2. The molecule has 0 radical (unpaired) electrons. The van der Waals surface area contributed by atoms with Crippen LogP contribution in [0.25, 0.3) is 0 Å². The Labute approximate surface area is 212 Å². The van der Waals surface area contributed by atoms with Crippen LogP contribution in [0.5, 0.6) is 0 Å². The summed E-state index contributed by atoms with van der Waals surface area (Å²) in [6, 6.07) is 12.6. The maximum Gasteiger partial charge on any atom is 0.244 e. The molecule has 0 aromatic heterocycles. The third-order valence-corrected chi connectivity index (χ3v) is 6.98. The molecule has 0 aliphatic heterocycles. The Morgan fingerprint density at radius 3 is 2.24 bits per heavy atom. The van der Waals surface area contributed by atoms with Crippen LogP contribution in [0.15, 0.2) is 48.5 Å². The fourth-order valence-electron chi connectivity index (χ4n) is 3.46. The third-order valence-electron chi connectivity index (χ3n) is 5.28. The molecule has 0 saturated carbocycles. The molecule has 0 fully saturated rings. The summed E-state index contributed by atoms with van der Waals surface area (Å²) in [5.41, 5.74) is 0.966. The van der Waals surface area contributed by atoms with E-state index in [9.17, 15) is 18.0 Å². The Morgan fingerprint density at radius 1 is 1.03 bits per heavy atom. The van der Waals surface area contributed by atoms with Gasteiger partial charge in [-0.15, -0.1) is 0 Å². The third kappa shape index (κ3) is 7.89. The fraction of sp³-hybridized carbons (Fsp3) is 0.417. The Balaban J connectivity index is 2.40. The van der Waals surface area contributed by atoms with Crippen LogP contribution in [0.1, 0.15) is 38.7 Å². The minimum Gasteiger partial charge on any atom is -0.354 e. The van der Waals surface area contributed by atoms with Crippen LogP contribution in [-0.2, 0) is 26.2 Å². The van der Waals surface area contributed by atoms with Crippen molar-refractivity contribution in [1.82, 2.24) is 10.2 Å². The predicted octanol–water partition coefficient (Wildman–Crippen LogP) is 4.48. The Kier molecular flexibility index (Phi) is 10.7. The molecular weight excluding hydrogens is 497 g/mol. The van der Waals surface area contributed by atoms with E-state index in [4.69, 9.17) is 23.2 Å². The zero-order chi connectivity index (χ0) is 25.3. The lowest BCUT2D eigenvalue weighted by Crippen LogP contribution is -2.52. The summed E-state index contributed by atoms with van der Waals surface area (Å²) in [4.78, 5) is 27.9. The Bertz CT molecular complexity index is 1080. The van der Waals surface area contributed by atoms with Gasteiger partial charge < -0.3 is 10.2 Å². The Hall–Kier alpha value is -2.29. The number of hydrogen-bond acceptors (Lipinski definition) is 4. The van der Waals surface area contributed by atoms with Crippen LogP contribution in [0, 0.1) is 0 Å². The van der Waals surface area contributed by atoms with Crippen LogP contribution < -0.4 is 9.62 Å². The van der Waals surface area contributed by atoms with E-state index in [0.29, 0.717) is 18.0 Å². The molecule has 0 saturated heterocycles. The summed E-state index contributed by atoms with van der Waals surface area (Å²) in [6.45, 7) is 3.97. The van der Waals surface area contributed by atoms with Gasteiger partial charge in [0, 0.05) is 18.1 Å². The standard InChI is InChI=1S/C24H31Cl2N3O4S/c1-4-6-15-27-24(31)21(5-2)28(16-18-11-13-19(25)14-12-18)23(30)17-29(34(3,32)33)22-10-8-7-9-20(22)26/h7-14,21H,4-6,15-17H2,1-3H3,(H,27,31)/t21-/m1/s1. The maximum atomic E-state index is 13.6. The largest absolute Gasteiger partial charge is 0.354 e. The van der Waals surface area contributed by atoms with Gasteiger partial charge in [-0.05, 0) is 42.7 Å². The number of para-hydroxylation sites is 1. The second-order valence-corrected chi connectivity index (χ2v) is 10.7. The molecule has 0 spiro atoms. The summed E-state index contributed by atoms with van der Waals surface area (Å²) in [5, 5.41) is 3.63. The average molecular weight is 529 g/mol. The zero-order valence-electron chi connectivity index (χ0n) is 19.6. The highest BCUT2D eigenvalue weighted by Crippen LogP contribution is 2.27. The van der Waals surface area contributed by atoms with Crippen molar-refractivity contribution in [1.29, 1.82) is 0 Å². The molecule has 0 bridgehead atoms. The number of hydrogen-bond donors (Lipinski definition) is 1. The molecule has 2 amide bonds. The minimum atomic E-state index is -3.83. The number of sulfonamides is 1. The quantitative estimate of drug-likeness (QED) is 0.412. The van der Waals surface area contributed by atoms with E-state index in [2.05, 4.69) is 5.32 Å². The molecule has 34 heavy (non-hydrogen) atoms. The molecule has 186 valence electrons. The molecule has 10 heteroatoms. The maximum absolute atomic E-state index is 13.6. The molecule has 0 aliphatic carbocycles. The normalized spacial score (nSPS) is 12.1. The molecule has 1 atom stereocenters. The number of benzene rings is 2. The smallest absolute Gasteiger partial charge is 0.244 e. The first-order valence-electron chi connectivity index (χ1n) is 11.1. The molecule has 0 aliphatic rings. The second-order valence-electron chi connectivity index (χ2n) is 7.94.